The number of hydrogen-bond donors (Lipinski definition) is 4. The first-order chi connectivity index (χ1) is 7.97. The number of aryl methyl sites for hydroxylation is 1. The van der Waals surface area contributed by atoms with Gasteiger partial charge in [0.15, 0.2) is 0 Å². The fourth-order valence-corrected chi connectivity index (χ4v) is 2.25. The molecule has 94 valence electrons. The Morgan fingerprint density at radius 2 is 2.06 bits per heavy atom. The zero-order valence-electron chi connectivity index (χ0n) is 9.96. The molecule has 6 nitrogen and oxygen atoms in total. The van der Waals surface area contributed by atoms with E-state index in [1.807, 2.05) is 6.92 Å². The van der Waals surface area contributed by atoms with Crippen LogP contribution >= 0.6 is 0 Å². The van der Waals surface area contributed by atoms with Gasteiger partial charge in [-0.05, 0) is 19.3 Å². The number of hydrogen-bond acceptors (Lipinski definition) is 6. The summed E-state index contributed by atoms with van der Waals surface area (Å²) in [5.74, 6) is 1.62. The standard InChI is InChI=1S/C11H18N4O2/c1-5-3-7(11(17)10(5)16)15-9-4-8(12)13-6(2)14-9/h4-5,7,10-11,16-17H,3H2,1-2H3,(H3,12,13,14,15)/t5-,7-,10-,11+/m1/s1. The lowest BCUT2D eigenvalue weighted by atomic mass is 10.1. The van der Waals surface area contributed by atoms with Crippen LogP contribution < -0.4 is 11.1 Å². The van der Waals surface area contributed by atoms with Crippen molar-refractivity contribution in [3.8, 4) is 0 Å². The molecule has 0 bridgehead atoms. The highest BCUT2D eigenvalue weighted by molar-refractivity contribution is 5.45. The predicted molar refractivity (Wildman–Crippen MR) is 64.4 cm³/mol. The third kappa shape index (κ3) is 2.48. The number of rotatable bonds is 2. The lowest BCUT2D eigenvalue weighted by Crippen LogP contribution is -2.35. The van der Waals surface area contributed by atoms with Crippen molar-refractivity contribution in [3.05, 3.63) is 11.9 Å². The highest BCUT2D eigenvalue weighted by Gasteiger charge is 2.39. The largest absolute Gasteiger partial charge is 0.390 e. The molecule has 1 fully saturated rings. The molecule has 17 heavy (non-hydrogen) atoms. The van der Waals surface area contributed by atoms with E-state index in [1.165, 1.54) is 0 Å². The molecular weight excluding hydrogens is 220 g/mol. The van der Waals surface area contributed by atoms with Crippen molar-refractivity contribution in [3.63, 3.8) is 0 Å². The molecule has 0 aliphatic heterocycles. The maximum atomic E-state index is 9.84. The molecule has 1 heterocycles. The van der Waals surface area contributed by atoms with Crippen LogP contribution in [0, 0.1) is 12.8 Å². The van der Waals surface area contributed by atoms with Gasteiger partial charge in [0, 0.05) is 6.07 Å². The molecular formula is C11H18N4O2. The Morgan fingerprint density at radius 3 is 2.59 bits per heavy atom. The van der Waals surface area contributed by atoms with Gasteiger partial charge in [-0.2, -0.15) is 0 Å². The van der Waals surface area contributed by atoms with Crippen LogP contribution in [-0.4, -0.2) is 38.4 Å². The van der Waals surface area contributed by atoms with Gasteiger partial charge < -0.3 is 21.3 Å². The summed E-state index contributed by atoms with van der Waals surface area (Å²) in [5.41, 5.74) is 5.62. The van der Waals surface area contributed by atoms with Crippen LogP contribution in [0.3, 0.4) is 0 Å². The van der Waals surface area contributed by atoms with Gasteiger partial charge in [0.05, 0.1) is 12.1 Å². The summed E-state index contributed by atoms with van der Waals surface area (Å²) in [6.45, 7) is 3.67. The molecule has 1 aromatic rings. The van der Waals surface area contributed by atoms with Gasteiger partial charge in [-0.25, -0.2) is 9.97 Å². The molecule has 1 aliphatic rings. The monoisotopic (exact) mass is 238 g/mol. The Labute approximate surface area is 99.9 Å². The second-order valence-electron chi connectivity index (χ2n) is 4.67. The first-order valence-corrected chi connectivity index (χ1v) is 5.71. The highest BCUT2D eigenvalue weighted by Crippen LogP contribution is 2.28. The Morgan fingerprint density at radius 1 is 1.35 bits per heavy atom. The Balaban J connectivity index is 2.11. The van der Waals surface area contributed by atoms with E-state index in [2.05, 4.69) is 15.3 Å². The maximum absolute atomic E-state index is 9.84. The van der Waals surface area contributed by atoms with Crippen molar-refractivity contribution in [2.24, 2.45) is 5.92 Å². The van der Waals surface area contributed by atoms with E-state index < -0.39 is 12.2 Å². The number of nitrogen functional groups attached to an aromatic ring is 1. The normalized spacial score (nSPS) is 32.7. The van der Waals surface area contributed by atoms with E-state index in [0.29, 0.717) is 23.9 Å². The minimum Gasteiger partial charge on any atom is -0.390 e. The van der Waals surface area contributed by atoms with Crippen molar-refractivity contribution < 1.29 is 10.2 Å². The van der Waals surface area contributed by atoms with Crippen LogP contribution in [0.4, 0.5) is 11.6 Å². The van der Waals surface area contributed by atoms with E-state index >= 15 is 0 Å². The Kier molecular flexibility index (Phi) is 3.17. The molecule has 4 atom stereocenters. The quantitative estimate of drug-likeness (QED) is 0.574. The van der Waals surface area contributed by atoms with Crippen LogP contribution in [-0.2, 0) is 0 Å². The van der Waals surface area contributed by atoms with E-state index in [-0.39, 0.29) is 12.0 Å². The molecule has 0 saturated heterocycles. The van der Waals surface area contributed by atoms with Crippen molar-refractivity contribution >= 4 is 11.6 Å². The van der Waals surface area contributed by atoms with E-state index in [0.717, 1.165) is 0 Å². The second-order valence-corrected chi connectivity index (χ2v) is 4.67. The van der Waals surface area contributed by atoms with Crippen molar-refractivity contribution in [1.29, 1.82) is 0 Å². The summed E-state index contributed by atoms with van der Waals surface area (Å²) in [6, 6.07) is 1.42. The van der Waals surface area contributed by atoms with E-state index in [9.17, 15) is 10.2 Å². The molecule has 0 amide bonds. The molecule has 0 aromatic carbocycles. The van der Waals surface area contributed by atoms with Crippen molar-refractivity contribution in [2.75, 3.05) is 11.1 Å². The molecule has 0 unspecified atom stereocenters. The van der Waals surface area contributed by atoms with Gasteiger partial charge in [-0.3, -0.25) is 0 Å². The van der Waals surface area contributed by atoms with Crippen LogP contribution in [0.15, 0.2) is 6.07 Å². The summed E-state index contributed by atoms with van der Waals surface area (Å²) >= 11 is 0. The average molecular weight is 238 g/mol. The van der Waals surface area contributed by atoms with Crippen LogP contribution in [0.2, 0.25) is 0 Å². The number of aliphatic hydroxyl groups excluding tert-OH is 2. The summed E-state index contributed by atoms with van der Waals surface area (Å²) in [5, 5.41) is 22.6. The summed E-state index contributed by atoms with van der Waals surface area (Å²) in [4.78, 5) is 8.16. The predicted octanol–water partition coefficient (Wildman–Crippen LogP) is -0.0907. The molecule has 5 N–H and O–H groups in total. The molecule has 0 spiro atoms. The SMILES string of the molecule is Cc1nc(N)cc(N[C@@H]2C[C@@H](C)[C@@H](O)[C@H]2O)n1. The van der Waals surface area contributed by atoms with Crippen LogP contribution in [0.1, 0.15) is 19.2 Å². The third-order valence-corrected chi connectivity index (χ3v) is 3.16. The molecule has 1 saturated carbocycles. The number of nitrogens with two attached hydrogens (primary N) is 1. The lowest BCUT2D eigenvalue weighted by molar-refractivity contribution is 0.0210. The summed E-state index contributed by atoms with van der Waals surface area (Å²) in [7, 11) is 0. The first kappa shape index (κ1) is 12.1. The highest BCUT2D eigenvalue weighted by atomic mass is 16.3. The topological polar surface area (TPSA) is 104 Å². The number of anilines is 2. The van der Waals surface area contributed by atoms with Gasteiger partial charge in [-0.1, -0.05) is 6.92 Å². The second kappa shape index (κ2) is 4.46. The first-order valence-electron chi connectivity index (χ1n) is 5.71. The Bertz CT molecular complexity index is 392. The molecule has 1 aromatic heterocycles. The fraction of sp³-hybridized carbons (Fsp3) is 0.636. The van der Waals surface area contributed by atoms with Crippen LogP contribution in [0.5, 0.6) is 0 Å². The molecule has 0 radical (unpaired) electrons. The van der Waals surface area contributed by atoms with Crippen LogP contribution in [0.25, 0.3) is 0 Å². The minimum atomic E-state index is -0.776. The van der Waals surface area contributed by atoms with Crippen molar-refractivity contribution in [1.82, 2.24) is 9.97 Å². The maximum Gasteiger partial charge on any atom is 0.132 e. The summed E-state index contributed by atoms with van der Waals surface area (Å²) in [6.07, 6.45) is -0.764. The van der Waals surface area contributed by atoms with E-state index in [1.54, 1.807) is 13.0 Å². The number of aliphatic hydroxyl groups is 2. The smallest absolute Gasteiger partial charge is 0.132 e. The van der Waals surface area contributed by atoms with Gasteiger partial charge in [-0.15, -0.1) is 0 Å². The number of nitrogens with zero attached hydrogens (tertiary/aromatic N) is 2. The third-order valence-electron chi connectivity index (χ3n) is 3.16. The average Bonchev–Trinajstić information content (AvgIpc) is 2.45. The van der Waals surface area contributed by atoms with Gasteiger partial charge >= 0.3 is 0 Å². The molecule has 6 heteroatoms. The van der Waals surface area contributed by atoms with Gasteiger partial charge in [0.2, 0.25) is 0 Å². The van der Waals surface area contributed by atoms with Crippen molar-refractivity contribution in [2.45, 2.75) is 38.5 Å². The zero-order chi connectivity index (χ0) is 12.6. The molecule has 2 rings (SSSR count). The summed E-state index contributed by atoms with van der Waals surface area (Å²) < 4.78 is 0. The van der Waals surface area contributed by atoms with Gasteiger partial charge in [0.1, 0.15) is 23.6 Å². The Hall–Kier alpha value is -1.40. The number of aromatic nitrogens is 2. The zero-order valence-corrected chi connectivity index (χ0v) is 9.96. The number of nitrogens with one attached hydrogen (secondary N) is 1. The fourth-order valence-electron chi connectivity index (χ4n) is 2.25. The lowest BCUT2D eigenvalue weighted by Gasteiger charge is -2.18. The van der Waals surface area contributed by atoms with Gasteiger partial charge in [0.25, 0.3) is 0 Å². The minimum absolute atomic E-state index is 0.0720. The molecule has 1 aliphatic carbocycles. The van der Waals surface area contributed by atoms with E-state index in [4.69, 9.17) is 5.73 Å².